The molecule has 0 saturated carbocycles. The second-order valence-electron chi connectivity index (χ2n) is 34.5. The minimum absolute atomic E-state index is 0.0503. The highest BCUT2D eigenvalue weighted by molar-refractivity contribution is 9.10. The van der Waals surface area contributed by atoms with Crippen molar-refractivity contribution in [2.24, 2.45) is 0 Å². The van der Waals surface area contributed by atoms with Crippen LogP contribution in [0, 0.1) is 6.92 Å². The summed E-state index contributed by atoms with van der Waals surface area (Å²) in [5, 5.41) is 43.1. The lowest BCUT2D eigenvalue weighted by atomic mass is 10.1. The summed E-state index contributed by atoms with van der Waals surface area (Å²) >= 11 is 21.9. The lowest BCUT2D eigenvalue weighted by Crippen LogP contribution is -2.37. The normalized spacial score (nSPS) is 14.1. The van der Waals surface area contributed by atoms with E-state index in [0.717, 1.165) is 177 Å². The van der Waals surface area contributed by atoms with E-state index in [9.17, 15) is 39.3 Å². The number of nitrogen functional groups attached to an aromatic ring is 1. The van der Waals surface area contributed by atoms with Gasteiger partial charge < -0.3 is 79.0 Å². The molecule has 0 radical (unpaired) electrons. The van der Waals surface area contributed by atoms with E-state index < -0.39 is 16.5 Å². The van der Waals surface area contributed by atoms with E-state index in [1.807, 2.05) is 67.6 Å². The lowest BCUT2D eigenvalue weighted by molar-refractivity contribution is 0.0357. The van der Waals surface area contributed by atoms with Gasteiger partial charge in [0, 0.05) is 159 Å². The number of carbonyl (C=O) groups is 5. The van der Waals surface area contributed by atoms with E-state index in [2.05, 4.69) is 112 Å². The van der Waals surface area contributed by atoms with E-state index in [0.29, 0.717) is 137 Å². The van der Waals surface area contributed by atoms with Crippen molar-refractivity contribution in [2.75, 3.05) is 155 Å². The number of piperidine rings is 2. The third-order valence-electron chi connectivity index (χ3n) is 23.7. The van der Waals surface area contributed by atoms with Crippen LogP contribution in [0.1, 0.15) is 144 Å². The van der Waals surface area contributed by atoms with E-state index in [1.165, 1.54) is 50.9 Å². The fraction of sp³-hybridized carbons (Fsp3) is 0.339. The monoisotopic (exact) mass is 2220 g/mol. The molecule has 19 rings (SSSR count). The summed E-state index contributed by atoms with van der Waals surface area (Å²) in [4.78, 5) is 113. The Labute approximate surface area is 894 Å². The highest BCUT2D eigenvalue weighted by Crippen LogP contribution is 2.38. The number of aryl methyl sites for hydroxylation is 1. The summed E-state index contributed by atoms with van der Waals surface area (Å²) in [6.45, 7) is 20.8. The Morgan fingerprint density at radius 3 is 1.14 bits per heavy atom. The molecule has 3 aromatic carbocycles. The fourth-order valence-electron chi connectivity index (χ4n) is 15.9. The number of benzene rings is 3. The van der Waals surface area contributed by atoms with Crippen LogP contribution in [0.25, 0.3) is 32.7 Å². The SMILES string of the molecule is C1CCNCC1.Cc1cccc(C(=O)Cc2ccc(Oc3ccnc4cc(OCCCN5CCOCC5)c(CO)cc34)cn2)n1.Nc1ccc(Oc2ccnc3cc(OCCCN4CCOCC4)c(CO)cc23)cn1.O=C(Cc1ccc(Oc2ccnc3cc(OCCCN4CCOCC4)c(CO)cc23)cn1)c1cccc(N2CCCCC2)n1.O=C(Cl)c1cccc(Br)n1.O=C(Cl)c1cccc(Cl)n1.O=C(O)c1cccc(Br)n1. The number of Topliss-reactive ketones (excluding diaryl/α,β-unsaturated/α-hetero) is 2. The summed E-state index contributed by atoms with van der Waals surface area (Å²) in [6, 6.07) is 52.5. The molecule has 5 aliphatic heterocycles. The van der Waals surface area contributed by atoms with E-state index in [4.69, 9.17) is 88.3 Å². The number of rotatable bonds is 34. The number of fused-ring (bicyclic) bond motifs is 3. The molecule has 782 valence electrons. The van der Waals surface area contributed by atoms with Gasteiger partial charge in [0.2, 0.25) is 0 Å². The zero-order valence-electron chi connectivity index (χ0n) is 82.4. The molecule has 0 unspecified atom stereocenters. The zero-order valence-corrected chi connectivity index (χ0v) is 87.9. The van der Waals surface area contributed by atoms with Crippen molar-refractivity contribution in [1.29, 1.82) is 0 Å². The number of carbonyl (C=O) groups excluding carboxylic acids is 4. The highest BCUT2D eigenvalue weighted by atomic mass is 79.9. The molecule has 14 aromatic rings. The fourth-order valence-corrected chi connectivity index (χ4v) is 17.0. The van der Waals surface area contributed by atoms with Crippen molar-refractivity contribution < 1.29 is 87.0 Å². The van der Waals surface area contributed by atoms with Crippen molar-refractivity contribution in [2.45, 2.75) is 97.4 Å². The number of nitrogens with zero attached hydrogens (tertiary/aromatic N) is 15. The molecule has 5 saturated heterocycles. The minimum atomic E-state index is -1.01. The summed E-state index contributed by atoms with van der Waals surface area (Å²) in [5.41, 5.74) is 13.3. The first-order valence-corrected chi connectivity index (χ1v) is 51.7. The first-order chi connectivity index (χ1) is 72.6. The third kappa shape index (κ3) is 37.1. The van der Waals surface area contributed by atoms with Crippen LogP contribution in [0.5, 0.6) is 51.7 Å². The number of pyridine rings is 11. The van der Waals surface area contributed by atoms with Gasteiger partial charge in [0.05, 0.1) is 127 Å². The van der Waals surface area contributed by atoms with Crippen LogP contribution in [0.2, 0.25) is 5.15 Å². The molecular formula is C109H118Br2Cl3N17O18. The summed E-state index contributed by atoms with van der Waals surface area (Å²) in [7, 11) is 0. The van der Waals surface area contributed by atoms with Crippen LogP contribution in [0.4, 0.5) is 11.6 Å². The molecule has 0 atom stereocenters. The molecule has 0 bridgehead atoms. The van der Waals surface area contributed by atoms with Gasteiger partial charge in [0.15, 0.2) is 11.6 Å². The van der Waals surface area contributed by atoms with Gasteiger partial charge in [-0.25, -0.2) is 29.7 Å². The average Bonchev–Trinajstić information content (AvgIpc) is 0.802. The lowest BCUT2D eigenvalue weighted by Gasteiger charge is -2.27. The number of ketones is 2. The molecular weight excluding hydrogens is 2100 g/mol. The summed E-state index contributed by atoms with van der Waals surface area (Å²) < 4.78 is 53.6. The number of aromatic nitrogens is 11. The molecule has 5 aliphatic rings. The molecule has 0 amide bonds. The number of halogens is 5. The predicted molar refractivity (Wildman–Crippen MR) is 575 cm³/mol. The number of carboxylic acids is 1. The van der Waals surface area contributed by atoms with Crippen LogP contribution in [-0.4, -0.2) is 263 Å². The van der Waals surface area contributed by atoms with Gasteiger partial charge in [0.1, 0.15) is 106 Å². The predicted octanol–water partition coefficient (Wildman–Crippen LogP) is 18.2. The number of nitrogens with two attached hydrogens (primary N) is 1. The molecule has 5 fully saturated rings. The van der Waals surface area contributed by atoms with Crippen molar-refractivity contribution >= 4 is 139 Å². The van der Waals surface area contributed by atoms with Crippen molar-refractivity contribution in [3.8, 4) is 51.7 Å². The van der Waals surface area contributed by atoms with Crippen molar-refractivity contribution in [1.82, 2.24) is 74.8 Å². The van der Waals surface area contributed by atoms with Gasteiger partial charge in [-0.15, -0.1) is 0 Å². The smallest absolute Gasteiger partial charge is 0.354 e. The molecule has 7 N–H and O–H groups in total. The number of ether oxygens (including phenoxy) is 9. The Bertz CT molecular complexity index is 6540. The first-order valence-electron chi connectivity index (χ1n) is 49.0. The van der Waals surface area contributed by atoms with E-state index in [-0.39, 0.29) is 66.5 Å². The van der Waals surface area contributed by atoms with Crippen LogP contribution < -0.4 is 44.4 Å². The molecule has 16 heterocycles. The topological polar surface area (TPSA) is 442 Å². The first kappa shape index (κ1) is 113. The molecule has 35 nitrogen and oxygen atoms in total. The zero-order chi connectivity index (χ0) is 105. The van der Waals surface area contributed by atoms with Gasteiger partial charge >= 0.3 is 5.97 Å². The van der Waals surface area contributed by atoms with Gasteiger partial charge in [-0.1, -0.05) is 48.4 Å². The minimum Gasteiger partial charge on any atom is -0.493 e. The van der Waals surface area contributed by atoms with Crippen LogP contribution in [0.3, 0.4) is 0 Å². The van der Waals surface area contributed by atoms with E-state index in [1.54, 1.807) is 146 Å². The van der Waals surface area contributed by atoms with Crippen LogP contribution >= 0.6 is 66.7 Å². The maximum absolute atomic E-state index is 13.0. The second kappa shape index (κ2) is 60.7. The molecule has 149 heavy (non-hydrogen) atoms. The summed E-state index contributed by atoms with van der Waals surface area (Å²) in [5.74, 6) is 5.46. The van der Waals surface area contributed by atoms with Crippen molar-refractivity contribution in [3.05, 3.63) is 296 Å². The number of nitrogens with one attached hydrogen (secondary N) is 1. The standard InChI is InChI=1S/C34H39N5O5.C30H32N4O5.C22H26N4O4.C6H3BrClNO.C6H4BrNO2.C6H3Cl2NO.C5H11N/c40-24-25-20-28-30(22-33(25)43-17-5-12-38-15-18-42-19-16-38)35-11-10-32(28)44-27-9-8-26(36-23-27)21-31(41)29-6-4-7-34(37-29)39-13-2-1-3-14-39;1-21-4-2-5-26(33-21)28(36)17-23-6-7-24(19-32-23)39-29-8-9-31-27-18-30(22(20-35)16-25(27)29)38-13-3-10-34-11-14-37-15-12-34;23-22-3-2-17(14-25-22)30-20-4-5-24-19-13-21(16(15-27)12-18(19)20)29-9-1-6-26-7-10-28-11-8-26;7-5-3-1-2-4(9-5)6(8)10;7-5-3-1-2-4(8-5)6(9)10;7-5-3-1-2-4(9-5)6(8)10;1-2-4-6-5-3-1/h4,6-11,20,22-23,40H,1-3,5,12-19,21,24H2;2,4-9,16,18-19,35H,3,10-15,17,20H2,1H3;2-5,12-14,27H,1,6-11,15H2,(H2,23,25);1-3H;1-3H,(H,9,10);1-3H;6H,1-5H2. The largest absolute Gasteiger partial charge is 0.493 e. The number of aromatic carboxylic acids is 1. The number of hydrogen-bond donors (Lipinski definition) is 6. The number of aliphatic hydroxyl groups excluding tert-OH is 3. The Morgan fingerprint density at radius 1 is 0.409 bits per heavy atom. The molecule has 0 spiro atoms. The second-order valence-corrected chi connectivity index (χ2v) is 37.2. The van der Waals surface area contributed by atoms with Crippen LogP contribution in [0.15, 0.2) is 228 Å². The number of carboxylic acid groups (broad SMARTS) is 1. The number of hydrogen-bond acceptors (Lipinski definition) is 34. The molecule has 11 aromatic heterocycles. The summed E-state index contributed by atoms with van der Waals surface area (Å²) in [6.07, 6.45) is 20.6. The van der Waals surface area contributed by atoms with Gasteiger partial charge in [0.25, 0.3) is 10.5 Å². The molecule has 0 aliphatic carbocycles. The van der Waals surface area contributed by atoms with Crippen molar-refractivity contribution in [3.63, 3.8) is 0 Å². The van der Waals surface area contributed by atoms with Gasteiger partial charge in [-0.3, -0.25) is 63.8 Å². The van der Waals surface area contributed by atoms with Gasteiger partial charge in [-0.2, -0.15) is 0 Å². The average molecular weight is 2220 g/mol. The van der Waals surface area contributed by atoms with Gasteiger partial charge in [-0.05, 0) is 260 Å². The van der Waals surface area contributed by atoms with E-state index >= 15 is 0 Å². The number of aliphatic hydroxyl groups is 3. The maximum Gasteiger partial charge on any atom is 0.354 e. The Balaban J connectivity index is 0.000000160. The Morgan fingerprint density at radius 2 is 0.792 bits per heavy atom. The third-order valence-corrected chi connectivity index (χ3v) is 25.2. The van der Waals surface area contributed by atoms with Crippen LogP contribution in [-0.2, 0) is 46.9 Å². The highest BCUT2D eigenvalue weighted by Gasteiger charge is 2.23. The quantitative estimate of drug-likeness (QED) is 0.00944. The molecule has 40 heteroatoms. The Hall–Kier alpha value is -12.9. The number of anilines is 2. The maximum atomic E-state index is 13.0. The number of morpholine rings is 3. The Kier molecular flexibility index (Phi) is 46.1.